The first-order chi connectivity index (χ1) is 4.86. The second kappa shape index (κ2) is 1.97. The second-order valence-corrected chi connectivity index (χ2v) is 2.40. The van der Waals surface area contributed by atoms with Crippen LogP contribution in [0, 0.1) is 5.82 Å². The van der Waals surface area contributed by atoms with Gasteiger partial charge < -0.3 is 0 Å². The monoisotopic (exact) mass is 136 g/mol. The van der Waals surface area contributed by atoms with E-state index in [9.17, 15) is 4.39 Å². The molecule has 1 aliphatic heterocycles. The average molecular weight is 136 g/mol. The summed E-state index contributed by atoms with van der Waals surface area (Å²) < 4.78 is 12.5. The number of hydrogen-bond donors (Lipinski definition) is 0. The van der Waals surface area contributed by atoms with Crippen LogP contribution in [0.15, 0.2) is 18.2 Å². The highest BCUT2D eigenvalue weighted by Gasteiger charge is 2.10. The Morgan fingerprint density at radius 3 is 3.20 bits per heavy atom. The van der Waals surface area contributed by atoms with E-state index >= 15 is 0 Å². The normalized spacial score (nSPS) is 14.5. The third kappa shape index (κ3) is 0.764. The number of rotatable bonds is 0. The Balaban J connectivity index is 2.52. The zero-order valence-electron chi connectivity index (χ0n) is 5.47. The predicted molar refractivity (Wildman–Crippen MR) is 36.8 cm³/mol. The van der Waals surface area contributed by atoms with Crippen molar-refractivity contribution in [3.63, 3.8) is 0 Å². The summed E-state index contributed by atoms with van der Waals surface area (Å²) in [6, 6.07) is 4.75. The minimum atomic E-state index is -0.157. The molecule has 1 radical (unpaired) electrons. The highest BCUT2D eigenvalue weighted by atomic mass is 19.1. The highest BCUT2D eigenvalue weighted by Crippen LogP contribution is 2.22. The van der Waals surface area contributed by atoms with Gasteiger partial charge in [0.2, 0.25) is 0 Å². The van der Waals surface area contributed by atoms with Gasteiger partial charge in [0.15, 0.2) is 0 Å². The fraction of sp³-hybridized carbons (Fsp3) is 0.250. The number of benzene rings is 1. The Bertz CT molecular complexity index is 257. The summed E-state index contributed by atoms with van der Waals surface area (Å²) in [5.74, 6) is -0.157. The third-order valence-corrected chi connectivity index (χ3v) is 1.70. The Morgan fingerprint density at radius 2 is 2.30 bits per heavy atom. The topological polar surface area (TPSA) is 14.1 Å². The van der Waals surface area contributed by atoms with E-state index in [2.05, 4.69) is 5.32 Å². The summed E-state index contributed by atoms with van der Waals surface area (Å²) in [7, 11) is 0. The van der Waals surface area contributed by atoms with Crippen molar-refractivity contribution in [2.24, 2.45) is 0 Å². The van der Waals surface area contributed by atoms with E-state index in [1.807, 2.05) is 0 Å². The molecule has 51 valence electrons. The van der Waals surface area contributed by atoms with E-state index in [1.165, 1.54) is 6.07 Å². The Hall–Kier alpha value is -1.05. The van der Waals surface area contributed by atoms with Crippen molar-refractivity contribution in [3.05, 3.63) is 29.6 Å². The lowest BCUT2D eigenvalue weighted by Gasteiger charge is -1.94. The molecule has 0 amide bonds. The standard InChI is InChI=1S/C8H7FN/c9-7-1-2-8-6(5-7)3-4-10-8/h1-2,5H,3-4H2. The van der Waals surface area contributed by atoms with Crippen LogP contribution in [0.1, 0.15) is 5.56 Å². The molecule has 0 atom stereocenters. The summed E-state index contributed by atoms with van der Waals surface area (Å²) in [6.07, 6.45) is 0.896. The number of hydrogen-bond acceptors (Lipinski definition) is 0. The van der Waals surface area contributed by atoms with Crippen LogP contribution in [-0.2, 0) is 6.42 Å². The van der Waals surface area contributed by atoms with Gasteiger partial charge >= 0.3 is 0 Å². The zero-order chi connectivity index (χ0) is 6.97. The van der Waals surface area contributed by atoms with Crippen LogP contribution >= 0.6 is 0 Å². The van der Waals surface area contributed by atoms with Crippen LogP contribution in [0.3, 0.4) is 0 Å². The van der Waals surface area contributed by atoms with E-state index < -0.39 is 0 Å². The van der Waals surface area contributed by atoms with Crippen molar-refractivity contribution in [2.75, 3.05) is 6.54 Å². The van der Waals surface area contributed by atoms with Gasteiger partial charge in [0.25, 0.3) is 0 Å². The minimum absolute atomic E-state index is 0.157. The smallest absolute Gasteiger partial charge is 0.123 e. The van der Waals surface area contributed by atoms with Gasteiger partial charge in [0.1, 0.15) is 5.82 Å². The molecule has 2 rings (SSSR count). The summed E-state index contributed by atoms with van der Waals surface area (Å²) in [6.45, 7) is 0.818. The predicted octanol–water partition coefficient (Wildman–Crippen LogP) is 1.62. The molecule has 0 aromatic heterocycles. The lowest BCUT2D eigenvalue weighted by Crippen LogP contribution is -1.88. The van der Waals surface area contributed by atoms with Crippen LogP contribution in [0.25, 0.3) is 0 Å². The average Bonchev–Trinajstić information content (AvgIpc) is 2.33. The largest absolute Gasteiger partial charge is 0.285 e. The highest BCUT2D eigenvalue weighted by molar-refractivity contribution is 5.48. The molecule has 1 aromatic carbocycles. The van der Waals surface area contributed by atoms with E-state index in [0.717, 1.165) is 24.2 Å². The molecule has 0 unspecified atom stereocenters. The molecule has 2 heteroatoms. The van der Waals surface area contributed by atoms with Gasteiger partial charge in [-0.2, -0.15) is 0 Å². The van der Waals surface area contributed by atoms with Crippen LogP contribution < -0.4 is 5.32 Å². The molecule has 1 aliphatic rings. The van der Waals surface area contributed by atoms with Gasteiger partial charge in [-0.05, 0) is 30.2 Å². The number of nitrogens with zero attached hydrogens (tertiary/aromatic N) is 1. The van der Waals surface area contributed by atoms with Crippen molar-refractivity contribution in [2.45, 2.75) is 6.42 Å². The van der Waals surface area contributed by atoms with Gasteiger partial charge in [-0.25, -0.2) is 4.39 Å². The first-order valence-corrected chi connectivity index (χ1v) is 3.32. The molecule has 0 saturated heterocycles. The molecule has 0 bridgehead atoms. The summed E-state index contributed by atoms with van der Waals surface area (Å²) in [4.78, 5) is 0. The molecular weight excluding hydrogens is 129 g/mol. The quantitative estimate of drug-likeness (QED) is 0.514. The van der Waals surface area contributed by atoms with Crippen molar-refractivity contribution in [1.29, 1.82) is 0 Å². The molecule has 0 spiro atoms. The summed E-state index contributed by atoms with van der Waals surface area (Å²) in [5, 5.41) is 4.17. The molecule has 0 fully saturated rings. The maximum Gasteiger partial charge on any atom is 0.123 e. The molecule has 0 saturated carbocycles. The molecule has 1 nitrogen and oxygen atoms in total. The molecule has 10 heavy (non-hydrogen) atoms. The van der Waals surface area contributed by atoms with Crippen molar-refractivity contribution >= 4 is 5.69 Å². The second-order valence-electron chi connectivity index (χ2n) is 2.40. The van der Waals surface area contributed by atoms with Crippen LogP contribution in [0.4, 0.5) is 10.1 Å². The Morgan fingerprint density at radius 1 is 1.40 bits per heavy atom. The van der Waals surface area contributed by atoms with Crippen molar-refractivity contribution in [1.82, 2.24) is 5.32 Å². The van der Waals surface area contributed by atoms with Crippen molar-refractivity contribution < 1.29 is 4.39 Å². The number of fused-ring (bicyclic) bond motifs is 1. The zero-order valence-corrected chi connectivity index (χ0v) is 5.47. The summed E-state index contributed by atoms with van der Waals surface area (Å²) in [5.41, 5.74) is 2.00. The molecule has 1 aromatic rings. The first kappa shape index (κ1) is 5.71. The van der Waals surface area contributed by atoms with Gasteiger partial charge in [0.05, 0.1) is 5.69 Å². The Labute approximate surface area is 58.9 Å². The van der Waals surface area contributed by atoms with E-state index in [4.69, 9.17) is 0 Å². The van der Waals surface area contributed by atoms with Crippen LogP contribution in [-0.4, -0.2) is 6.54 Å². The van der Waals surface area contributed by atoms with Gasteiger partial charge in [-0.15, -0.1) is 0 Å². The molecule has 0 N–H and O–H groups in total. The number of halogens is 1. The molecule has 0 aliphatic carbocycles. The van der Waals surface area contributed by atoms with Gasteiger partial charge in [-0.1, -0.05) is 0 Å². The van der Waals surface area contributed by atoms with E-state index in [-0.39, 0.29) is 5.82 Å². The fourth-order valence-electron chi connectivity index (χ4n) is 1.21. The van der Waals surface area contributed by atoms with E-state index in [0.29, 0.717) is 0 Å². The van der Waals surface area contributed by atoms with Gasteiger partial charge in [-0.3, -0.25) is 5.32 Å². The van der Waals surface area contributed by atoms with Crippen LogP contribution in [0.2, 0.25) is 0 Å². The molecular formula is C8H7FN. The third-order valence-electron chi connectivity index (χ3n) is 1.70. The van der Waals surface area contributed by atoms with Gasteiger partial charge in [0, 0.05) is 6.54 Å². The maximum atomic E-state index is 12.5. The van der Waals surface area contributed by atoms with Crippen molar-refractivity contribution in [3.8, 4) is 0 Å². The Kier molecular flexibility index (Phi) is 1.13. The van der Waals surface area contributed by atoms with E-state index in [1.54, 1.807) is 12.1 Å². The first-order valence-electron chi connectivity index (χ1n) is 3.32. The lowest BCUT2D eigenvalue weighted by molar-refractivity contribution is 0.626. The minimum Gasteiger partial charge on any atom is -0.285 e. The molecule has 1 heterocycles. The SMILES string of the molecule is Fc1ccc2c(c1)CC[N]2. The van der Waals surface area contributed by atoms with Crippen LogP contribution in [0.5, 0.6) is 0 Å². The summed E-state index contributed by atoms with van der Waals surface area (Å²) >= 11 is 0. The maximum absolute atomic E-state index is 12.5. The fourth-order valence-corrected chi connectivity index (χ4v) is 1.21. The lowest BCUT2D eigenvalue weighted by atomic mass is 10.2.